The summed E-state index contributed by atoms with van der Waals surface area (Å²) in [7, 11) is 0. The molecule has 0 radical (unpaired) electrons. The Labute approximate surface area is 116 Å². The summed E-state index contributed by atoms with van der Waals surface area (Å²) in [5.74, 6) is 0.945. The average Bonchev–Trinajstić information content (AvgIpc) is 2.23. The van der Waals surface area contributed by atoms with Crippen LogP contribution in [0.15, 0.2) is 4.99 Å². The van der Waals surface area contributed by atoms with Gasteiger partial charge in [-0.25, -0.2) is 4.79 Å². The first-order chi connectivity index (χ1) is 8.70. The fourth-order valence-electron chi connectivity index (χ4n) is 1.15. The molecule has 0 heterocycles. The number of nitrogens with one attached hydrogen (secondary N) is 2. The number of aliphatic imine (C=N–C) groups is 1. The van der Waals surface area contributed by atoms with Crippen molar-refractivity contribution < 1.29 is 9.53 Å². The van der Waals surface area contributed by atoms with Gasteiger partial charge in [-0.2, -0.15) is 0 Å². The van der Waals surface area contributed by atoms with Gasteiger partial charge < -0.3 is 21.1 Å². The number of carbonyl (C=O) groups excluding carboxylic acids is 1. The third kappa shape index (κ3) is 12.8. The molecule has 0 atom stereocenters. The van der Waals surface area contributed by atoms with Crippen molar-refractivity contribution in [1.29, 1.82) is 0 Å². The molecule has 6 heteroatoms. The van der Waals surface area contributed by atoms with Gasteiger partial charge in [0.2, 0.25) is 0 Å². The molecule has 0 unspecified atom stereocenters. The van der Waals surface area contributed by atoms with Crippen molar-refractivity contribution in [2.24, 2.45) is 16.6 Å². The molecule has 4 N–H and O–H groups in total. The van der Waals surface area contributed by atoms with Crippen LogP contribution in [-0.2, 0) is 4.74 Å². The monoisotopic (exact) mass is 272 g/mol. The fourth-order valence-corrected chi connectivity index (χ4v) is 1.15. The number of amides is 1. The summed E-state index contributed by atoms with van der Waals surface area (Å²) in [6.07, 6.45) is 0.367. The van der Waals surface area contributed by atoms with E-state index in [1.54, 1.807) is 0 Å². The predicted molar refractivity (Wildman–Crippen MR) is 78.2 cm³/mol. The Bertz CT molecular complexity index is 296. The van der Waals surface area contributed by atoms with Crippen LogP contribution < -0.4 is 16.4 Å². The first kappa shape index (κ1) is 17.5. The molecule has 0 aliphatic heterocycles. The number of guanidine groups is 1. The molecule has 6 nitrogen and oxygen atoms in total. The van der Waals surface area contributed by atoms with Gasteiger partial charge in [0, 0.05) is 19.6 Å². The van der Waals surface area contributed by atoms with Crippen LogP contribution in [0.2, 0.25) is 0 Å². The topological polar surface area (TPSA) is 88.7 Å². The van der Waals surface area contributed by atoms with E-state index in [4.69, 9.17) is 10.5 Å². The van der Waals surface area contributed by atoms with Crippen LogP contribution in [0.4, 0.5) is 4.79 Å². The van der Waals surface area contributed by atoms with E-state index < -0.39 is 11.7 Å². The SMILES string of the molecule is CC(C)CN=C(N)NCCCNC(=O)OC(C)(C)C. The number of rotatable bonds is 6. The van der Waals surface area contributed by atoms with Gasteiger partial charge in [0.25, 0.3) is 0 Å². The lowest BCUT2D eigenvalue weighted by Gasteiger charge is -2.19. The number of hydrogen-bond donors (Lipinski definition) is 3. The molecule has 0 aliphatic rings. The molecule has 1 amide bonds. The first-order valence-corrected chi connectivity index (χ1v) is 6.71. The molecule has 19 heavy (non-hydrogen) atoms. The van der Waals surface area contributed by atoms with Crippen LogP contribution in [0, 0.1) is 5.92 Å². The van der Waals surface area contributed by atoms with Gasteiger partial charge in [-0.3, -0.25) is 4.99 Å². The molecule has 112 valence electrons. The van der Waals surface area contributed by atoms with Crippen LogP contribution in [0.25, 0.3) is 0 Å². The van der Waals surface area contributed by atoms with E-state index in [1.165, 1.54) is 0 Å². The fraction of sp³-hybridized carbons (Fsp3) is 0.846. The highest BCUT2D eigenvalue weighted by Crippen LogP contribution is 2.06. The van der Waals surface area contributed by atoms with Gasteiger partial charge in [-0.15, -0.1) is 0 Å². The third-order valence-electron chi connectivity index (χ3n) is 1.95. The van der Waals surface area contributed by atoms with Crippen molar-refractivity contribution in [2.45, 2.75) is 46.6 Å². The minimum Gasteiger partial charge on any atom is -0.444 e. The van der Waals surface area contributed by atoms with E-state index in [0.29, 0.717) is 25.0 Å². The summed E-state index contributed by atoms with van der Waals surface area (Å²) >= 11 is 0. The molecule has 0 saturated heterocycles. The van der Waals surface area contributed by atoms with E-state index in [1.807, 2.05) is 20.8 Å². The molecule has 0 aliphatic carbocycles. The Kier molecular flexibility index (Phi) is 7.95. The largest absolute Gasteiger partial charge is 0.444 e. The van der Waals surface area contributed by atoms with Gasteiger partial charge >= 0.3 is 6.09 Å². The summed E-state index contributed by atoms with van der Waals surface area (Å²) in [6, 6.07) is 0. The molecule has 0 spiro atoms. The summed E-state index contributed by atoms with van der Waals surface area (Å²) in [5.41, 5.74) is 5.21. The summed E-state index contributed by atoms with van der Waals surface area (Å²) in [4.78, 5) is 15.5. The second-order valence-corrected chi connectivity index (χ2v) is 5.83. The quantitative estimate of drug-likeness (QED) is 0.388. The predicted octanol–water partition coefficient (Wildman–Crippen LogP) is 1.46. The Morgan fingerprint density at radius 2 is 1.84 bits per heavy atom. The van der Waals surface area contributed by atoms with E-state index in [-0.39, 0.29) is 0 Å². The Hall–Kier alpha value is -1.46. The van der Waals surface area contributed by atoms with Crippen LogP contribution in [-0.4, -0.2) is 37.3 Å². The van der Waals surface area contributed by atoms with Gasteiger partial charge in [0.05, 0.1) is 0 Å². The number of carbonyl (C=O) groups is 1. The lowest BCUT2D eigenvalue weighted by Crippen LogP contribution is -2.36. The minimum absolute atomic E-state index is 0.394. The molecular weight excluding hydrogens is 244 g/mol. The number of ether oxygens (including phenoxy) is 1. The number of hydrogen-bond acceptors (Lipinski definition) is 3. The normalized spacial score (nSPS) is 12.4. The van der Waals surface area contributed by atoms with Crippen LogP contribution >= 0.6 is 0 Å². The van der Waals surface area contributed by atoms with Crippen molar-refractivity contribution >= 4 is 12.1 Å². The van der Waals surface area contributed by atoms with Gasteiger partial charge in [0.15, 0.2) is 5.96 Å². The van der Waals surface area contributed by atoms with Gasteiger partial charge in [-0.05, 0) is 33.1 Å². The molecule has 0 aromatic heterocycles. The highest BCUT2D eigenvalue weighted by molar-refractivity contribution is 5.77. The van der Waals surface area contributed by atoms with Crippen LogP contribution in [0.1, 0.15) is 41.0 Å². The maximum Gasteiger partial charge on any atom is 0.407 e. The second-order valence-electron chi connectivity index (χ2n) is 5.83. The third-order valence-corrected chi connectivity index (χ3v) is 1.95. The molecule has 0 aromatic carbocycles. The van der Waals surface area contributed by atoms with Crippen LogP contribution in [0.3, 0.4) is 0 Å². The molecule has 0 bridgehead atoms. The van der Waals surface area contributed by atoms with Gasteiger partial charge in [0.1, 0.15) is 5.60 Å². The molecular formula is C13H28N4O2. The first-order valence-electron chi connectivity index (χ1n) is 6.71. The molecule has 0 fully saturated rings. The number of nitrogens with zero attached hydrogens (tertiary/aromatic N) is 1. The highest BCUT2D eigenvalue weighted by Gasteiger charge is 2.15. The Morgan fingerprint density at radius 3 is 2.37 bits per heavy atom. The van der Waals surface area contributed by atoms with E-state index in [9.17, 15) is 4.79 Å². The van der Waals surface area contributed by atoms with Crippen molar-refractivity contribution in [3.63, 3.8) is 0 Å². The smallest absolute Gasteiger partial charge is 0.407 e. The zero-order chi connectivity index (χ0) is 14.9. The van der Waals surface area contributed by atoms with Crippen molar-refractivity contribution in [3.05, 3.63) is 0 Å². The average molecular weight is 272 g/mol. The zero-order valence-corrected chi connectivity index (χ0v) is 12.7. The molecule has 0 aromatic rings. The van der Waals surface area contributed by atoms with Crippen molar-refractivity contribution in [3.8, 4) is 0 Å². The number of nitrogens with two attached hydrogens (primary N) is 1. The lowest BCUT2D eigenvalue weighted by molar-refractivity contribution is 0.0527. The second kappa shape index (κ2) is 8.61. The zero-order valence-electron chi connectivity index (χ0n) is 12.7. The highest BCUT2D eigenvalue weighted by atomic mass is 16.6. The van der Waals surface area contributed by atoms with E-state index >= 15 is 0 Å². The lowest BCUT2D eigenvalue weighted by atomic mass is 10.2. The standard InChI is InChI=1S/C13H28N4O2/c1-10(2)9-17-11(14)15-7-6-8-16-12(18)19-13(3,4)5/h10H,6-9H2,1-5H3,(H,16,18)(H3,14,15,17). The van der Waals surface area contributed by atoms with E-state index in [2.05, 4.69) is 29.5 Å². The van der Waals surface area contributed by atoms with Crippen LogP contribution in [0.5, 0.6) is 0 Å². The Balaban J connectivity index is 3.60. The number of alkyl carbamates (subject to hydrolysis) is 1. The summed E-state index contributed by atoms with van der Waals surface area (Å²) in [6.45, 7) is 11.6. The van der Waals surface area contributed by atoms with Crippen molar-refractivity contribution in [1.82, 2.24) is 10.6 Å². The molecule has 0 rings (SSSR count). The van der Waals surface area contributed by atoms with E-state index in [0.717, 1.165) is 13.0 Å². The molecule has 0 saturated carbocycles. The Morgan fingerprint density at radius 1 is 1.26 bits per heavy atom. The van der Waals surface area contributed by atoms with Crippen molar-refractivity contribution in [2.75, 3.05) is 19.6 Å². The van der Waals surface area contributed by atoms with Gasteiger partial charge in [-0.1, -0.05) is 13.8 Å². The maximum atomic E-state index is 11.3. The minimum atomic E-state index is -0.462. The summed E-state index contributed by atoms with van der Waals surface area (Å²) in [5, 5.41) is 5.68. The maximum absolute atomic E-state index is 11.3. The summed E-state index contributed by atoms with van der Waals surface area (Å²) < 4.78 is 5.11.